The Morgan fingerprint density at radius 1 is 1.29 bits per heavy atom. The van der Waals surface area contributed by atoms with E-state index in [-0.39, 0.29) is 6.04 Å². The first-order valence-corrected chi connectivity index (χ1v) is 8.15. The molecule has 4 heteroatoms. The Labute approximate surface area is 139 Å². The van der Waals surface area contributed by atoms with Crippen molar-refractivity contribution in [3.63, 3.8) is 0 Å². The molecule has 2 aromatic rings. The highest BCUT2D eigenvalue weighted by Crippen LogP contribution is 2.35. The number of aryl methyl sites for hydroxylation is 1. The summed E-state index contributed by atoms with van der Waals surface area (Å²) in [4.78, 5) is 0. The fraction of sp³-hybridized carbons (Fsp3) is 0.294. The molecule has 0 spiro atoms. The Kier molecular flexibility index (Phi) is 5.68. The van der Waals surface area contributed by atoms with E-state index in [4.69, 9.17) is 22.1 Å². The van der Waals surface area contributed by atoms with Crippen LogP contribution in [-0.4, -0.2) is 6.04 Å². The van der Waals surface area contributed by atoms with Gasteiger partial charge in [0, 0.05) is 10.5 Å². The van der Waals surface area contributed by atoms with Gasteiger partial charge in [-0.3, -0.25) is 0 Å². The minimum atomic E-state index is 0.108. The van der Waals surface area contributed by atoms with Gasteiger partial charge in [-0.15, -0.1) is 0 Å². The quantitative estimate of drug-likeness (QED) is 0.758. The van der Waals surface area contributed by atoms with Gasteiger partial charge in [0.05, 0.1) is 5.02 Å². The third kappa shape index (κ3) is 4.22. The molecule has 0 aliphatic rings. The van der Waals surface area contributed by atoms with Crippen LogP contribution in [0.5, 0.6) is 11.5 Å². The molecule has 1 unspecified atom stereocenters. The smallest absolute Gasteiger partial charge is 0.149 e. The summed E-state index contributed by atoms with van der Waals surface area (Å²) >= 11 is 9.77. The second-order valence-corrected chi connectivity index (χ2v) is 6.44. The summed E-state index contributed by atoms with van der Waals surface area (Å²) in [6.45, 7) is 4.09. The van der Waals surface area contributed by atoms with Crippen molar-refractivity contribution in [3.8, 4) is 11.5 Å². The van der Waals surface area contributed by atoms with Gasteiger partial charge < -0.3 is 10.5 Å². The maximum Gasteiger partial charge on any atom is 0.149 e. The molecule has 21 heavy (non-hydrogen) atoms. The average molecular weight is 369 g/mol. The van der Waals surface area contributed by atoms with Crippen molar-refractivity contribution in [2.75, 3.05) is 0 Å². The van der Waals surface area contributed by atoms with Crippen LogP contribution in [0.25, 0.3) is 0 Å². The predicted molar refractivity (Wildman–Crippen MR) is 92.4 cm³/mol. The summed E-state index contributed by atoms with van der Waals surface area (Å²) in [5.41, 5.74) is 8.15. The van der Waals surface area contributed by atoms with Gasteiger partial charge in [-0.2, -0.15) is 0 Å². The zero-order chi connectivity index (χ0) is 15.4. The molecule has 0 heterocycles. The van der Waals surface area contributed by atoms with Crippen LogP contribution in [0.3, 0.4) is 0 Å². The zero-order valence-corrected chi connectivity index (χ0v) is 14.5. The summed E-state index contributed by atoms with van der Waals surface area (Å²) in [6, 6.07) is 11.8. The van der Waals surface area contributed by atoms with Gasteiger partial charge in [0.15, 0.2) is 0 Å². The molecule has 0 aliphatic carbocycles. The van der Waals surface area contributed by atoms with E-state index in [2.05, 4.69) is 22.9 Å². The molecule has 2 N–H and O–H groups in total. The third-order valence-corrected chi connectivity index (χ3v) is 4.19. The van der Waals surface area contributed by atoms with E-state index in [0.717, 1.165) is 34.2 Å². The second kappa shape index (κ2) is 7.30. The van der Waals surface area contributed by atoms with Gasteiger partial charge in [-0.1, -0.05) is 46.6 Å². The van der Waals surface area contributed by atoms with Crippen LogP contribution in [0.2, 0.25) is 5.02 Å². The Hall–Kier alpha value is -1.03. The largest absolute Gasteiger partial charge is 0.455 e. The molecule has 2 rings (SSSR count). The number of hydrogen-bond acceptors (Lipinski definition) is 2. The van der Waals surface area contributed by atoms with Crippen molar-refractivity contribution < 1.29 is 4.74 Å². The maximum absolute atomic E-state index is 6.31. The molecular formula is C17H19BrClNO. The van der Waals surface area contributed by atoms with Gasteiger partial charge in [-0.05, 0) is 55.2 Å². The number of para-hydroxylation sites is 1. The van der Waals surface area contributed by atoms with E-state index < -0.39 is 0 Å². The molecule has 0 fully saturated rings. The first kappa shape index (κ1) is 16.3. The van der Waals surface area contributed by atoms with Gasteiger partial charge in [0.2, 0.25) is 0 Å². The highest BCUT2D eigenvalue weighted by atomic mass is 79.9. The summed E-state index contributed by atoms with van der Waals surface area (Å²) in [6.07, 6.45) is 1.67. The molecule has 112 valence electrons. The summed E-state index contributed by atoms with van der Waals surface area (Å²) in [5, 5.41) is 0.609. The highest BCUT2D eigenvalue weighted by Gasteiger charge is 2.13. The number of rotatable bonds is 5. The molecule has 1 atom stereocenters. The van der Waals surface area contributed by atoms with Crippen molar-refractivity contribution >= 4 is 27.5 Å². The van der Waals surface area contributed by atoms with E-state index in [9.17, 15) is 0 Å². The minimum Gasteiger partial charge on any atom is -0.455 e. The van der Waals surface area contributed by atoms with Crippen molar-refractivity contribution in [1.29, 1.82) is 0 Å². The van der Waals surface area contributed by atoms with Crippen molar-refractivity contribution in [3.05, 3.63) is 57.0 Å². The highest BCUT2D eigenvalue weighted by molar-refractivity contribution is 9.10. The molecule has 0 saturated heterocycles. The molecule has 0 bridgehead atoms. The van der Waals surface area contributed by atoms with E-state index in [1.54, 1.807) is 0 Å². The number of benzene rings is 2. The van der Waals surface area contributed by atoms with Crippen LogP contribution in [0.4, 0.5) is 0 Å². The van der Waals surface area contributed by atoms with E-state index >= 15 is 0 Å². The molecule has 2 aromatic carbocycles. The van der Waals surface area contributed by atoms with E-state index in [1.165, 1.54) is 0 Å². The third-order valence-electron chi connectivity index (χ3n) is 3.40. The lowest BCUT2D eigenvalue weighted by atomic mass is 10.0. The summed E-state index contributed by atoms with van der Waals surface area (Å²) in [7, 11) is 0. The van der Waals surface area contributed by atoms with Crippen LogP contribution in [0.15, 0.2) is 40.9 Å². The van der Waals surface area contributed by atoms with E-state index in [0.29, 0.717) is 10.8 Å². The first-order valence-electron chi connectivity index (χ1n) is 6.98. The Morgan fingerprint density at radius 2 is 2.05 bits per heavy atom. The normalized spacial score (nSPS) is 12.2. The van der Waals surface area contributed by atoms with Crippen LogP contribution in [-0.2, 0) is 6.42 Å². The topological polar surface area (TPSA) is 35.2 Å². The lowest BCUT2D eigenvalue weighted by Crippen LogP contribution is -2.21. The standard InChI is InChI=1S/C17H19BrClNO/c1-3-14(20)10-12-5-4-6-15(19)17(12)21-16-8-7-13(18)9-11(16)2/h4-9,14H,3,10,20H2,1-2H3. The Morgan fingerprint density at radius 3 is 2.71 bits per heavy atom. The fourth-order valence-corrected chi connectivity index (χ4v) is 2.80. The summed E-state index contributed by atoms with van der Waals surface area (Å²) in [5.74, 6) is 1.51. The van der Waals surface area contributed by atoms with Gasteiger partial charge in [-0.25, -0.2) is 0 Å². The Balaban J connectivity index is 2.34. The van der Waals surface area contributed by atoms with Gasteiger partial charge in [0.25, 0.3) is 0 Å². The molecule has 2 nitrogen and oxygen atoms in total. The molecule has 0 saturated carbocycles. The predicted octanol–water partition coefficient (Wildman–Crippen LogP) is 5.48. The molecular weight excluding hydrogens is 350 g/mol. The number of halogens is 2. The lowest BCUT2D eigenvalue weighted by molar-refractivity contribution is 0.469. The van der Waals surface area contributed by atoms with Crippen LogP contribution in [0.1, 0.15) is 24.5 Å². The Bertz CT molecular complexity index is 630. The molecule has 0 amide bonds. The lowest BCUT2D eigenvalue weighted by Gasteiger charge is -2.16. The van der Waals surface area contributed by atoms with Crippen molar-refractivity contribution in [1.82, 2.24) is 0 Å². The van der Waals surface area contributed by atoms with Crippen molar-refractivity contribution in [2.45, 2.75) is 32.7 Å². The van der Waals surface area contributed by atoms with Crippen LogP contribution < -0.4 is 10.5 Å². The average Bonchev–Trinajstić information content (AvgIpc) is 2.44. The van der Waals surface area contributed by atoms with E-state index in [1.807, 2.05) is 43.3 Å². The minimum absolute atomic E-state index is 0.108. The van der Waals surface area contributed by atoms with Crippen LogP contribution in [0, 0.1) is 6.92 Å². The number of hydrogen-bond donors (Lipinski definition) is 1. The maximum atomic E-state index is 6.31. The van der Waals surface area contributed by atoms with Gasteiger partial charge >= 0.3 is 0 Å². The first-order chi connectivity index (χ1) is 10.0. The number of ether oxygens (including phenoxy) is 1. The zero-order valence-electron chi connectivity index (χ0n) is 12.2. The summed E-state index contributed by atoms with van der Waals surface area (Å²) < 4.78 is 7.09. The second-order valence-electron chi connectivity index (χ2n) is 5.11. The molecule has 0 radical (unpaired) electrons. The molecule has 0 aromatic heterocycles. The van der Waals surface area contributed by atoms with Crippen molar-refractivity contribution in [2.24, 2.45) is 5.73 Å². The van der Waals surface area contributed by atoms with Gasteiger partial charge in [0.1, 0.15) is 11.5 Å². The SMILES string of the molecule is CCC(N)Cc1cccc(Cl)c1Oc1ccc(Br)cc1C. The fourth-order valence-electron chi connectivity index (χ4n) is 2.09. The number of nitrogens with two attached hydrogens (primary N) is 1. The van der Waals surface area contributed by atoms with Crippen LogP contribution >= 0.6 is 27.5 Å². The molecule has 0 aliphatic heterocycles. The monoisotopic (exact) mass is 367 g/mol.